The van der Waals surface area contributed by atoms with E-state index in [4.69, 9.17) is 5.73 Å². The van der Waals surface area contributed by atoms with Crippen molar-refractivity contribution in [1.29, 1.82) is 0 Å². The molecule has 1 atom stereocenters. The number of nitrogens with two attached hydrogens (primary N) is 1. The molecule has 0 saturated carbocycles. The first-order chi connectivity index (χ1) is 8.20. The van der Waals surface area contributed by atoms with Crippen LogP contribution in [-0.4, -0.2) is 11.9 Å². The maximum absolute atomic E-state index is 12.8. The lowest BCUT2D eigenvalue weighted by atomic mass is 10.1. The molecule has 0 aliphatic carbocycles. The Bertz CT molecular complexity index is 448. The Morgan fingerprint density at radius 1 is 1.50 bits per heavy atom. The summed E-state index contributed by atoms with van der Waals surface area (Å²) in [5.74, 6) is -0.569. The lowest BCUT2D eigenvalue weighted by Crippen LogP contribution is -2.25. The third-order valence-electron chi connectivity index (χ3n) is 2.20. The number of rotatable bonds is 4. The average molecular weight is 325 g/mol. The number of halogens is 4. The van der Waals surface area contributed by atoms with Crippen molar-refractivity contribution in [2.45, 2.75) is 25.6 Å². The van der Waals surface area contributed by atoms with Crippen molar-refractivity contribution in [3.8, 4) is 0 Å². The molecule has 0 radical (unpaired) electrons. The van der Waals surface area contributed by atoms with Crippen LogP contribution >= 0.6 is 15.9 Å². The Labute approximate surface area is 111 Å². The van der Waals surface area contributed by atoms with E-state index in [-0.39, 0.29) is 12.1 Å². The van der Waals surface area contributed by atoms with Crippen molar-refractivity contribution < 1.29 is 18.0 Å². The van der Waals surface area contributed by atoms with Crippen LogP contribution < -0.4 is 11.1 Å². The maximum Gasteiger partial charge on any atom is 0.418 e. The van der Waals surface area contributed by atoms with Crippen LogP contribution in [0.25, 0.3) is 0 Å². The molecule has 0 aromatic heterocycles. The van der Waals surface area contributed by atoms with E-state index in [1.807, 2.05) is 0 Å². The number of nitrogens with one attached hydrogen (secondary N) is 1. The van der Waals surface area contributed by atoms with E-state index in [2.05, 4.69) is 21.2 Å². The zero-order valence-electron chi connectivity index (χ0n) is 9.51. The van der Waals surface area contributed by atoms with Crippen molar-refractivity contribution in [2.24, 2.45) is 5.73 Å². The van der Waals surface area contributed by atoms with Gasteiger partial charge in [-0.2, -0.15) is 13.2 Å². The van der Waals surface area contributed by atoms with Gasteiger partial charge in [-0.25, -0.2) is 0 Å². The van der Waals surface area contributed by atoms with Crippen LogP contribution in [-0.2, 0) is 11.0 Å². The normalized spacial score (nSPS) is 13.2. The van der Waals surface area contributed by atoms with Crippen molar-refractivity contribution in [3.63, 3.8) is 0 Å². The van der Waals surface area contributed by atoms with E-state index < -0.39 is 23.7 Å². The summed E-state index contributed by atoms with van der Waals surface area (Å²) < 4.78 is 38.7. The standard InChI is InChI=1S/C11H12BrF3N2O/c1-6(4-10(16)18)17-9-3-2-7(12)5-8(9)11(13,14)15/h2-3,5-6,17H,4H2,1H3,(H2,16,18). The molecule has 100 valence electrons. The van der Waals surface area contributed by atoms with E-state index in [9.17, 15) is 18.0 Å². The molecule has 0 spiro atoms. The topological polar surface area (TPSA) is 55.1 Å². The molecule has 0 saturated heterocycles. The van der Waals surface area contributed by atoms with Crippen molar-refractivity contribution in [1.82, 2.24) is 0 Å². The van der Waals surface area contributed by atoms with Crippen LogP contribution in [0.2, 0.25) is 0 Å². The highest BCUT2D eigenvalue weighted by Gasteiger charge is 2.34. The zero-order chi connectivity index (χ0) is 13.9. The fourth-order valence-corrected chi connectivity index (χ4v) is 1.86. The van der Waals surface area contributed by atoms with Gasteiger partial charge in [0.1, 0.15) is 0 Å². The van der Waals surface area contributed by atoms with Gasteiger partial charge in [-0.1, -0.05) is 15.9 Å². The number of anilines is 1. The third-order valence-corrected chi connectivity index (χ3v) is 2.69. The summed E-state index contributed by atoms with van der Waals surface area (Å²) in [4.78, 5) is 10.7. The van der Waals surface area contributed by atoms with Gasteiger partial charge >= 0.3 is 6.18 Å². The minimum absolute atomic E-state index is 0.0344. The Morgan fingerprint density at radius 3 is 2.61 bits per heavy atom. The molecule has 1 amide bonds. The van der Waals surface area contributed by atoms with Gasteiger partial charge in [-0.3, -0.25) is 4.79 Å². The van der Waals surface area contributed by atoms with Crippen molar-refractivity contribution >= 4 is 27.5 Å². The number of primary amides is 1. The van der Waals surface area contributed by atoms with Gasteiger partial charge in [0.2, 0.25) is 5.91 Å². The van der Waals surface area contributed by atoms with E-state index in [1.54, 1.807) is 6.92 Å². The largest absolute Gasteiger partial charge is 0.418 e. The molecule has 1 rings (SSSR count). The Hall–Kier alpha value is -1.24. The molecule has 0 aliphatic heterocycles. The van der Waals surface area contributed by atoms with E-state index in [0.29, 0.717) is 4.47 Å². The van der Waals surface area contributed by atoms with Gasteiger partial charge in [0, 0.05) is 22.6 Å². The van der Waals surface area contributed by atoms with Gasteiger partial charge in [0.25, 0.3) is 0 Å². The minimum atomic E-state index is -4.46. The SMILES string of the molecule is CC(CC(N)=O)Nc1ccc(Br)cc1C(F)(F)F. The number of carbonyl (C=O) groups is 1. The zero-order valence-corrected chi connectivity index (χ0v) is 11.1. The lowest BCUT2D eigenvalue weighted by Gasteiger charge is -2.18. The van der Waals surface area contributed by atoms with Crippen LogP contribution in [0, 0.1) is 0 Å². The summed E-state index contributed by atoms with van der Waals surface area (Å²) in [6.07, 6.45) is -4.49. The number of hydrogen-bond donors (Lipinski definition) is 2. The Kier molecular flexibility index (Phi) is 4.61. The van der Waals surface area contributed by atoms with Gasteiger partial charge in [-0.15, -0.1) is 0 Å². The van der Waals surface area contributed by atoms with Crippen molar-refractivity contribution in [2.75, 3.05) is 5.32 Å². The maximum atomic E-state index is 12.8. The van der Waals surface area contributed by atoms with Crippen LogP contribution in [0.3, 0.4) is 0 Å². The second kappa shape index (κ2) is 5.60. The predicted octanol–water partition coefficient (Wildman–Crippen LogP) is 3.14. The summed E-state index contributed by atoms with van der Waals surface area (Å²) >= 11 is 2.99. The first-order valence-electron chi connectivity index (χ1n) is 5.11. The fourth-order valence-electron chi connectivity index (χ4n) is 1.50. The number of amides is 1. The first kappa shape index (κ1) is 14.8. The Balaban J connectivity index is 2.98. The number of benzene rings is 1. The van der Waals surface area contributed by atoms with E-state index in [0.717, 1.165) is 6.07 Å². The second-order valence-corrected chi connectivity index (χ2v) is 4.82. The third kappa shape index (κ3) is 4.21. The molecular formula is C11H12BrF3N2O. The summed E-state index contributed by atoms with van der Waals surface area (Å²) in [5.41, 5.74) is 4.13. The van der Waals surface area contributed by atoms with Gasteiger partial charge in [0.05, 0.1) is 5.56 Å². The fraction of sp³-hybridized carbons (Fsp3) is 0.364. The molecule has 3 nitrogen and oxygen atoms in total. The second-order valence-electron chi connectivity index (χ2n) is 3.90. The molecule has 18 heavy (non-hydrogen) atoms. The summed E-state index contributed by atoms with van der Waals surface area (Å²) in [7, 11) is 0. The molecular weight excluding hydrogens is 313 g/mol. The summed E-state index contributed by atoms with van der Waals surface area (Å²) in [6.45, 7) is 1.59. The molecule has 0 heterocycles. The smallest absolute Gasteiger partial charge is 0.382 e. The van der Waals surface area contributed by atoms with E-state index >= 15 is 0 Å². The van der Waals surface area contributed by atoms with Gasteiger partial charge < -0.3 is 11.1 Å². The van der Waals surface area contributed by atoms with Crippen LogP contribution in [0.15, 0.2) is 22.7 Å². The highest BCUT2D eigenvalue weighted by Crippen LogP contribution is 2.36. The molecule has 0 fully saturated rings. The van der Waals surface area contributed by atoms with Crippen LogP contribution in [0.1, 0.15) is 18.9 Å². The lowest BCUT2D eigenvalue weighted by molar-refractivity contribution is -0.137. The first-order valence-corrected chi connectivity index (χ1v) is 5.91. The molecule has 3 N–H and O–H groups in total. The molecule has 1 aromatic carbocycles. The summed E-state index contributed by atoms with van der Waals surface area (Å²) in [6, 6.07) is 3.32. The highest BCUT2D eigenvalue weighted by molar-refractivity contribution is 9.10. The minimum Gasteiger partial charge on any atom is -0.382 e. The van der Waals surface area contributed by atoms with E-state index in [1.165, 1.54) is 12.1 Å². The molecule has 0 aliphatic rings. The summed E-state index contributed by atoms with van der Waals surface area (Å²) in [5, 5.41) is 2.63. The molecule has 1 unspecified atom stereocenters. The van der Waals surface area contributed by atoms with Crippen LogP contribution in [0.5, 0.6) is 0 Å². The average Bonchev–Trinajstić information content (AvgIpc) is 2.17. The number of carbonyl (C=O) groups excluding carboxylic acids is 1. The monoisotopic (exact) mass is 324 g/mol. The number of hydrogen-bond acceptors (Lipinski definition) is 2. The molecule has 1 aromatic rings. The van der Waals surface area contributed by atoms with Gasteiger partial charge in [0.15, 0.2) is 0 Å². The number of alkyl halides is 3. The predicted molar refractivity (Wildman–Crippen MR) is 66.0 cm³/mol. The Morgan fingerprint density at radius 2 is 2.11 bits per heavy atom. The van der Waals surface area contributed by atoms with Crippen LogP contribution in [0.4, 0.5) is 18.9 Å². The quantitative estimate of drug-likeness (QED) is 0.893. The van der Waals surface area contributed by atoms with Crippen molar-refractivity contribution in [3.05, 3.63) is 28.2 Å². The highest BCUT2D eigenvalue weighted by atomic mass is 79.9. The molecule has 0 bridgehead atoms. The molecule has 7 heteroatoms. The van der Waals surface area contributed by atoms with Gasteiger partial charge in [-0.05, 0) is 25.1 Å².